The van der Waals surface area contributed by atoms with Crippen LogP contribution in [0.15, 0.2) is 18.9 Å². The Morgan fingerprint density at radius 2 is 1.87 bits per heavy atom. The Morgan fingerprint density at radius 3 is 2.61 bits per heavy atom. The second-order valence-corrected chi connectivity index (χ2v) is 7.40. The third-order valence-corrected chi connectivity index (χ3v) is 5.40. The van der Waals surface area contributed by atoms with Crippen molar-refractivity contribution < 1.29 is 22.6 Å². The summed E-state index contributed by atoms with van der Waals surface area (Å²) < 4.78 is 53.9. The molecule has 2 saturated heterocycles. The summed E-state index contributed by atoms with van der Waals surface area (Å²) >= 11 is 0. The van der Waals surface area contributed by atoms with E-state index in [1.165, 1.54) is 0 Å². The van der Waals surface area contributed by atoms with Gasteiger partial charge in [0.05, 0.1) is 25.1 Å². The molecule has 0 bridgehead atoms. The van der Waals surface area contributed by atoms with Crippen molar-refractivity contribution in [2.24, 2.45) is 0 Å². The van der Waals surface area contributed by atoms with Crippen molar-refractivity contribution >= 4 is 17.0 Å². The minimum Gasteiger partial charge on any atom is -0.378 e. The number of imidazole rings is 1. The molecule has 9 nitrogen and oxygen atoms in total. The van der Waals surface area contributed by atoms with Crippen molar-refractivity contribution in [2.75, 3.05) is 37.8 Å². The molecule has 3 aromatic heterocycles. The molecule has 3 aromatic rings. The predicted octanol–water partition coefficient (Wildman–Crippen LogP) is 2.84. The van der Waals surface area contributed by atoms with Crippen LogP contribution in [0.3, 0.4) is 0 Å². The van der Waals surface area contributed by atoms with Crippen LogP contribution in [0.1, 0.15) is 31.2 Å². The van der Waals surface area contributed by atoms with Gasteiger partial charge in [-0.2, -0.15) is 13.2 Å². The molecule has 0 aliphatic carbocycles. The molecule has 5 rings (SSSR count). The highest BCUT2D eigenvalue weighted by Crippen LogP contribution is 2.36. The molecular formula is C19H20F3N7O2. The van der Waals surface area contributed by atoms with E-state index < -0.39 is 11.9 Å². The second-order valence-electron chi connectivity index (χ2n) is 7.40. The van der Waals surface area contributed by atoms with Crippen molar-refractivity contribution in [2.45, 2.75) is 31.7 Å². The van der Waals surface area contributed by atoms with Gasteiger partial charge in [0.25, 0.3) is 0 Å². The maximum Gasteiger partial charge on any atom is 0.434 e. The Morgan fingerprint density at radius 1 is 1.03 bits per heavy atom. The highest BCUT2D eigenvalue weighted by Gasteiger charge is 2.37. The van der Waals surface area contributed by atoms with Crippen LogP contribution in [0.4, 0.5) is 19.0 Å². The third-order valence-electron chi connectivity index (χ3n) is 5.40. The summed E-state index contributed by atoms with van der Waals surface area (Å²) in [6.07, 6.45) is 1.39. The lowest BCUT2D eigenvalue weighted by molar-refractivity contribution is -0.140. The van der Waals surface area contributed by atoms with Crippen LogP contribution in [-0.4, -0.2) is 62.4 Å². The number of alkyl halides is 3. The van der Waals surface area contributed by atoms with Crippen LogP contribution in [0.2, 0.25) is 0 Å². The first-order valence-electron chi connectivity index (χ1n) is 10.1. The molecule has 0 saturated carbocycles. The van der Waals surface area contributed by atoms with Gasteiger partial charge in [-0.15, -0.1) is 0 Å². The van der Waals surface area contributed by atoms with Crippen molar-refractivity contribution in [3.8, 4) is 11.4 Å². The number of hydrogen-bond acceptors (Lipinski definition) is 8. The number of hydrogen-bond donors (Lipinski definition) is 0. The highest BCUT2D eigenvalue weighted by atomic mass is 19.4. The quantitative estimate of drug-likeness (QED) is 0.620. The highest BCUT2D eigenvalue weighted by molar-refractivity contribution is 5.86. The lowest BCUT2D eigenvalue weighted by Crippen LogP contribution is -2.37. The van der Waals surface area contributed by atoms with Crippen molar-refractivity contribution in [3.63, 3.8) is 0 Å². The largest absolute Gasteiger partial charge is 0.434 e. The van der Waals surface area contributed by atoms with Gasteiger partial charge >= 0.3 is 6.18 Å². The zero-order valence-corrected chi connectivity index (χ0v) is 16.5. The molecule has 0 N–H and O–H groups in total. The van der Waals surface area contributed by atoms with Gasteiger partial charge in [0, 0.05) is 25.9 Å². The number of halogens is 3. The molecule has 0 radical (unpaired) electrons. The number of ether oxygens (including phenoxy) is 2. The van der Waals surface area contributed by atoms with Crippen LogP contribution in [0.5, 0.6) is 0 Å². The number of morpholine rings is 1. The topological polar surface area (TPSA) is 91.1 Å². The van der Waals surface area contributed by atoms with Crippen molar-refractivity contribution in [3.05, 3.63) is 24.5 Å². The predicted molar refractivity (Wildman–Crippen MR) is 103 cm³/mol. The summed E-state index contributed by atoms with van der Waals surface area (Å²) in [5.74, 6) is 0.370. The van der Waals surface area contributed by atoms with E-state index in [2.05, 4.69) is 24.9 Å². The van der Waals surface area contributed by atoms with E-state index in [1.807, 2.05) is 4.90 Å². The molecule has 164 valence electrons. The van der Waals surface area contributed by atoms with Crippen molar-refractivity contribution in [1.82, 2.24) is 29.5 Å². The first-order valence-corrected chi connectivity index (χ1v) is 10.1. The van der Waals surface area contributed by atoms with E-state index in [-0.39, 0.29) is 17.6 Å². The van der Waals surface area contributed by atoms with Gasteiger partial charge in [0.2, 0.25) is 0 Å². The molecule has 12 heteroatoms. The van der Waals surface area contributed by atoms with E-state index in [9.17, 15) is 13.2 Å². The zero-order valence-electron chi connectivity index (χ0n) is 16.5. The molecule has 0 amide bonds. The van der Waals surface area contributed by atoms with Crippen LogP contribution < -0.4 is 4.90 Å². The number of aromatic nitrogens is 6. The first-order chi connectivity index (χ1) is 15.0. The van der Waals surface area contributed by atoms with Gasteiger partial charge in [-0.3, -0.25) is 4.57 Å². The summed E-state index contributed by atoms with van der Waals surface area (Å²) in [5, 5.41) is 0. The lowest BCUT2D eigenvalue weighted by atomic mass is 10.2. The SMILES string of the molecule is FC(F)(F)c1ncncc1-c1nc(N2CCOCC2)c2ncn(C3CCCCO3)c2n1. The molecule has 5 heterocycles. The maximum atomic E-state index is 13.6. The summed E-state index contributed by atoms with van der Waals surface area (Å²) in [6.45, 7) is 2.71. The minimum atomic E-state index is -4.66. The standard InChI is InChI=1S/C19H20F3N7O2/c20-19(21,22)15-12(9-23-10-24-15)16-26-17(28-4-7-30-8-5-28)14-18(27-16)29(11-25-14)13-3-1-2-6-31-13/h9-11,13H,1-8H2. The monoisotopic (exact) mass is 435 g/mol. The number of fused-ring (bicyclic) bond motifs is 1. The average Bonchev–Trinajstić information content (AvgIpc) is 3.23. The number of rotatable bonds is 3. The van der Waals surface area contributed by atoms with E-state index in [0.29, 0.717) is 49.9 Å². The molecule has 2 aliphatic heterocycles. The van der Waals surface area contributed by atoms with E-state index in [1.54, 1.807) is 10.9 Å². The molecule has 2 aliphatic rings. The Labute approximate surface area is 175 Å². The Balaban J connectivity index is 1.70. The van der Waals surface area contributed by atoms with Crippen LogP contribution in [0, 0.1) is 0 Å². The number of anilines is 1. The Hall–Kier alpha value is -2.86. The summed E-state index contributed by atoms with van der Waals surface area (Å²) in [7, 11) is 0. The fourth-order valence-electron chi connectivity index (χ4n) is 3.89. The van der Waals surface area contributed by atoms with Gasteiger partial charge in [-0.05, 0) is 19.3 Å². The van der Waals surface area contributed by atoms with E-state index >= 15 is 0 Å². The summed E-state index contributed by atoms with van der Waals surface area (Å²) in [6, 6.07) is 0. The fourth-order valence-corrected chi connectivity index (χ4v) is 3.89. The molecule has 0 spiro atoms. The lowest BCUT2D eigenvalue weighted by Gasteiger charge is -2.28. The minimum absolute atomic E-state index is 0.0977. The summed E-state index contributed by atoms with van der Waals surface area (Å²) in [4.78, 5) is 22.7. The van der Waals surface area contributed by atoms with Gasteiger partial charge in [-0.1, -0.05) is 0 Å². The van der Waals surface area contributed by atoms with E-state index in [0.717, 1.165) is 31.8 Å². The molecule has 0 aromatic carbocycles. The average molecular weight is 435 g/mol. The van der Waals surface area contributed by atoms with Gasteiger partial charge in [-0.25, -0.2) is 24.9 Å². The number of nitrogens with zero attached hydrogens (tertiary/aromatic N) is 7. The normalized spacial score (nSPS) is 20.4. The van der Waals surface area contributed by atoms with Crippen LogP contribution in [0.25, 0.3) is 22.6 Å². The van der Waals surface area contributed by atoms with Crippen LogP contribution in [-0.2, 0) is 15.7 Å². The maximum absolute atomic E-state index is 13.6. The molecule has 31 heavy (non-hydrogen) atoms. The van der Waals surface area contributed by atoms with Gasteiger partial charge in [0.15, 0.2) is 28.5 Å². The second kappa shape index (κ2) is 8.00. The van der Waals surface area contributed by atoms with Crippen LogP contribution >= 0.6 is 0 Å². The summed E-state index contributed by atoms with van der Waals surface area (Å²) in [5.41, 5.74) is -0.404. The Kier molecular flexibility index (Phi) is 5.18. The molecular weight excluding hydrogens is 415 g/mol. The zero-order chi connectivity index (χ0) is 21.4. The molecule has 1 unspecified atom stereocenters. The molecule has 1 atom stereocenters. The first kappa shape index (κ1) is 20.1. The van der Waals surface area contributed by atoms with Crippen molar-refractivity contribution in [1.29, 1.82) is 0 Å². The third kappa shape index (κ3) is 3.81. The molecule has 2 fully saturated rings. The van der Waals surface area contributed by atoms with Gasteiger partial charge < -0.3 is 14.4 Å². The van der Waals surface area contributed by atoms with Gasteiger partial charge in [0.1, 0.15) is 12.6 Å². The Bertz CT molecular complexity index is 1080. The smallest absolute Gasteiger partial charge is 0.378 e. The fraction of sp³-hybridized carbons (Fsp3) is 0.526. The van der Waals surface area contributed by atoms with E-state index in [4.69, 9.17) is 9.47 Å².